The van der Waals surface area contributed by atoms with Gasteiger partial charge in [0, 0.05) is 12.8 Å². The summed E-state index contributed by atoms with van der Waals surface area (Å²) < 4.78 is 5.36. The predicted molar refractivity (Wildman–Crippen MR) is 130 cm³/mol. The van der Waals surface area contributed by atoms with E-state index in [0.29, 0.717) is 17.9 Å². The lowest BCUT2D eigenvalue weighted by Gasteiger charge is -2.57. The quantitative estimate of drug-likeness (QED) is 0.537. The molecular formula is C28H42ClNO2. The number of hydrogen-bond donors (Lipinski definition) is 1. The van der Waals surface area contributed by atoms with Gasteiger partial charge in [-0.3, -0.25) is 4.98 Å². The number of aliphatic hydroxyl groups is 1. The van der Waals surface area contributed by atoms with E-state index in [1.165, 1.54) is 51.4 Å². The number of pyridine rings is 1. The standard InChI is InChI=1S/C28H42ClNO2/c1-18-4-10-25(29)26(30-18)11-7-20-6-9-24-23-8-5-19-16-28(31,17-32-3)15-13-21(19)22(23)12-14-27(20,24)2/h4,10,19-24,31H,5-9,11-17H2,1-3H3/t19-,20-,21+,22-,23-,24+,27-,28-/m1/s1. The molecule has 32 heavy (non-hydrogen) atoms. The van der Waals surface area contributed by atoms with Crippen LogP contribution in [0.3, 0.4) is 0 Å². The highest BCUT2D eigenvalue weighted by Gasteiger charge is 2.57. The first-order valence-electron chi connectivity index (χ1n) is 13.2. The molecule has 4 aliphatic carbocycles. The summed E-state index contributed by atoms with van der Waals surface area (Å²) in [6.45, 7) is 5.19. The van der Waals surface area contributed by atoms with Crippen molar-refractivity contribution in [3.05, 3.63) is 28.5 Å². The molecule has 4 aliphatic rings. The molecule has 4 saturated carbocycles. The molecule has 4 fully saturated rings. The first kappa shape index (κ1) is 23.1. The van der Waals surface area contributed by atoms with E-state index < -0.39 is 5.60 Å². The van der Waals surface area contributed by atoms with Gasteiger partial charge in [0.15, 0.2) is 0 Å². The van der Waals surface area contributed by atoms with Crippen molar-refractivity contribution in [2.45, 2.75) is 90.1 Å². The average Bonchev–Trinajstić information content (AvgIpc) is 3.10. The van der Waals surface area contributed by atoms with Gasteiger partial charge in [-0.25, -0.2) is 0 Å². The zero-order chi connectivity index (χ0) is 22.5. The minimum atomic E-state index is -0.574. The van der Waals surface area contributed by atoms with Gasteiger partial charge in [0.05, 0.1) is 22.9 Å². The number of halogens is 1. The topological polar surface area (TPSA) is 42.4 Å². The second kappa shape index (κ2) is 8.86. The van der Waals surface area contributed by atoms with Crippen LogP contribution in [0.2, 0.25) is 5.02 Å². The Morgan fingerprint density at radius 3 is 2.69 bits per heavy atom. The predicted octanol–water partition coefficient (Wildman–Crippen LogP) is 6.62. The molecule has 5 rings (SSSR count). The van der Waals surface area contributed by atoms with Crippen LogP contribution in [0.1, 0.15) is 82.5 Å². The van der Waals surface area contributed by atoms with Crippen LogP contribution in [0, 0.1) is 47.8 Å². The van der Waals surface area contributed by atoms with Crippen molar-refractivity contribution in [3.63, 3.8) is 0 Å². The molecule has 0 spiro atoms. The summed E-state index contributed by atoms with van der Waals surface area (Å²) in [7, 11) is 1.72. The van der Waals surface area contributed by atoms with Crippen molar-refractivity contribution in [2.75, 3.05) is 13.7 Å². The number of nitrogens with zero attached hydrogens (tertiary/aromatic N) is 1. The Kier molecular flexibility index (Phi) is 6.40. The zero-order valence-electron chi connectivity index (χ0n) is 20.3. The molecule has 1 aromatic heterocycles. The van der Waals surface area contributed by atoms with Crippen LogP contribution in [0.4, 0.5) is 0 Å². The summed E-state index contributed by atoms with van der Waals surface area (Å²) >= 11 is 6.46. The van der Waals surface area contributed by atoms with Crippen molar-refractivity contribution in [1.29, 1.82) is 0 Å². The lowest BCUT2D eigenvalue weighted by atomic mass is 9.49. The van der Waals surface area contributed by atoms with Gasteiger partial charge < -0.3 is 9.84 Å². The number of methoxy groups -OCH3 is 1. The van der Waals surface area contributed by atoms with Crippen molar-refractivity contribution >= 4 is 11.6 Å². The maximum Gasteiger partial charge on any atom is 0.0882 e. The fraction of sp³-hybridized carbons (Fsp3) is 0.821. The molecule has 1 N–H and O–H groups in total. The molecule has 0 amide bonds. The average molecular weight is 460 g/mol. The van der Waals surface area contributed by atoms with Crippen LogP contribution in [-0.4, -0.2) is 29.4 Å². The van der Waals surface area contributed by atoms with Gasteiger partial charge in [-0.05, 0) is 131 Å². The number of rotatable bonds is 5. The van der Waals surface area contributed by atoms with E-state index in [9.17, 15) is 5.11 Å². The number of aryl methyl sites for hydroxylation is 2. The Bertz CT molecular complexity index is 830. The maximum absolute atomic E-state index is 11.0. The summed E-state index contributed by atoms with van der Waals surface area (Å²) in [6.07, 6.45) is 13.6. The highest BCUT2D eigenvalue weighted by Crippen LogP contribution is 2.65. The number of fused-ring (bicyclic) bond motifs is 5. The van der Waals surface area contributed by atoms with E-state index >= 15 is 0 Å². The molecule has 0 aromatic carbocycles. The van der Waals surface area contributed by atoms with Crippen molar-refractivity contribution in [3.8, 4) is 0 Å². The lowest BCUT2D eigenvalue weighted by Crippen LogP contribution is -2.51. The molecular weight excluding hydrogens is 418 g/mol. The van der Waals surface area contributed by atoms with E-state index in [1.54, 1.807) is 7.11 Å². The molecule has 8 atom stereocenters. The molecule has 0 radical (unpaired) electrons. The maximum atomic E-state index is 11.0. The van der Waals surface area contributed by atoms with Crippen molar-refractivity contribution < 1.29 is 9.84 Å². The summed E-state index contributed by atoms with van der Waals surface area (Å²) in [6, 6.07) is 4.03. The Hall–Kier alpha value is -0.640. The fourth-order valence-corrected chi connectivity index (χ4v) is 9.22. The van der Waals surface area contributed by atoms with E-state index in [4.69, 9.17) is 21.3 Å². The highest BCUT2D eigenvalue weighted by atomic mass is 35.5. The lowest BCUT2D eigenvalue weighted by molar-refractivity contribution is -0.124. The molecule has 0 saturated heterocycles. The number of aromatic nitrogens is 1. The van der Waals surface area contributed by atoms with Gasteiger partial charge in [-0.2, -0.15) is 0 Å². The molecule has 178 valence electrons. The summed E-state index contributed by atoms with van der Waals surface area (Å²) in [4.78, 5) is 4.73. The molecule has 3 nitrogen and oxygen atoms in total. The van der Waals surface area contributed by atoms with E-state index in [2.05, 4.69) is 13.8 Å². The summed E-state index contributed by atoms with van der Waals surface area (Å²) in [5, 5.41) is 11.8. The third-order valence-corrected chi connectivity index (χ3v) is 10.8. The largest absolute Gasteiger partial charge is 0.387 e. The Labute approximate surface area is 199 Å². The Balaban J connectivity index is 1.26. The second-order valence-corrected chi connectivity index (χ2v) is 12.5. The first-order chi connectivity index (χ1) is 15.3. The van der Waals surface area contributed by atoms with E-state index in [1.807, 2.05) is 12.1 Å². The molecule has 1 heterocycles. The zero-order valence-corrected chi connectivity index (χ0v) is 21.0. The SMILES string of the molecule is COC[C@@]1(O)CC[C@H]2[C@H](CC[C@@H]3[C@@H]2CC[C@]2(C)[C@@H](CCc4nc(C)ccc4Cl)CC[C@@H]32)C1. The first-order valence-corrected chi connectivity index (χ1v) is 13.5. The van der Waals surface area contributed by atoms with Gasteiger partial charge in [0.1, 0.15) is 0 Å². The van der Waals surface area contributed by atoms with Gasteiger partial charge in [0.25, 0.3) is 0 Å². The minimum absolute atomic E-state index is 0.496. The third-order valence-electron chi connectivity index (χ3n) is 10.5. The summed E-state index contributed by atoms with van der Waals surface area (Å²) in [5.41, 5.74) is 2.09. The fourth-order valence-electron chi connectivity index (χ4n) is 9.03. The smallest absolute Gasteiger partial charge is 0.0882 e. The highest BCUT2D eigenvalue weighted by molar-refractivity contribution is 6.31. The third kappa shape index (κ3) is 4.05. The van der Waals surface area contributed by atoms with E-state index in [-0.39, 0.29) is 0 Å². The van der Waals surface area contributed by atoms with Crippen LogP contribution in [0.15, 0.2) is 12.1 Å². The van der Waals surface area contributed by atoms with Gasteiger partial charge >= 0.3 is 0 Å². The normalized spacial score (nSPS) is 43.4. The molecule has 0 unspecified atom stereocenters. The Morgan fingerprint density at radius 2 is 1.88 bits per heavy atom. The van der Waals surface area contributed by atoms with Crippen LogP contribution >= 0.6 is 11.6 Å². The van der Waals surface area contributed by atoms with Crippen LogP contribution in [0.5, 0.6) is 0 Å². The monoisotopic (exact) mass is 459 g/mol. The molecule has 4 heteroatoms. The molecule has 0 bridgehead atoms. The van der Waals surface area contributed by atoms with Crippen LogP contribution < -0.4 is 0 Å². The van der Waals surface area contributed by atoms with Crippen molar-refractivity contribution in [1.82, 2.24) is 4.98 Å². The van der Waals surface area contributed by atoms with E-state index in [0.717, 1.165) is 65.3 Å². The van der Waals surface area contributed by atoms with Gasteiger partial charge in [0.2, 0.25) is 0 Å². The number of hydrogen-bond acceptors (Lipinski definition) is 3. The molecule has 0 aliphatic heterocycles. The van der Waals surface area contributed by atoms with Gasteiger partial charge in [-0.15, -0.1) is 0 Å². The van der Waals surface area contributed by atoms with Crippen LogP contribution in [-0.2, 0) is 11.2 Å². The Morgan fingerprint density at radius 1 is 1.06 bits per heavy atom. The minimum Gasteiger partial charge on any atom is -0.387 e. The molecule has 1 aromatic rings. The summed E-state index contributed by atoms with van der Waals surface area (Å²) in [5.74, 6) is 5.06. The van der Waals surface area contributed by atoms with Gasteiger partial charge in [-0.1, -0.05) is 18.5 Å². The number of ether oxygens (including phenoxy) is 1. The second-order valence-electron chi connectivity index (χ2n) is 12.1. The van der Waals surface area contributed by atoms with Crippen LogP contribution in [0.25, 0.3) is 0 Å². The van der Waals surface area contributed by atoms with Crippen molar-refractivity contribution in [2.24, 2.45) is 40.9 Å².